The van der Waals surface area contributed by atoms with Crippen LogP contribution in [0.2, 0.25) is 0 Å². The minimum absolute atomic E-state index is 0.0819. The highest BCUT2D eigenvalue weighted by atomic mass is 16.5. The molecule has 1 atom stereocenters. The van der Waals surface area contributed by atoms with E-state index in [1.54, 1.807) is 6.20 Å². The highest BCUT2D eigenvalue weighted by Crippen LogP contribution is 2.29. The highest BCUT2D eigenvalue weighted by Gasteiger charge is 2.15. The monoisotopic (exact) mass is 454 g/mol. The van der Waals surface area contributed by atoms with Crippen LogP contribution in [0, 0.1) is 5.92 Å². The topological polar surface area (TPSA) is 61.3 Å². The van der Waals surface area contributed by atoms with E-state index in [1.165, 1.54) is 51.4 Å². The van der Waals surface area contributed by atoms with E-state index in [4.69, 9.17) is 9.47 Å². The summed E-state index contributed by atoms with van der Waals surface area (Å²) in [4.78, 5) is 21.0. The fraction of sp³-hybridized carbons (Fsp3) is 0.607. The SMILES string of the molecule is CCCCCCCCCCCOc1cnc(OC(=O)CCC(C)CC)nc1-c1ccccc1. The van der Waals surface area contributed by atoms with Gasteiger partial charge in [0.25, 0.3) is 0 Å². The molecule has 2 aromatic rings. The maximum atomic E-state index is 12.2. The molecule has 1 aromatic heterocycles. The number of unbranched alkanes of at least 4 members (excludes halogenated alkanes) is 8. The summed E-state index contributed by atoms with van der Waals surface area (Å²) in [5, 5.41) is 0. The smallest absolute Gasteiger partial charge is 0.325 e. The van der Waals surface area contributed by atoms with Crippen LogP contribution in [0.1, 0.15) is 97.8 Å². The zero-order valence-corrected chi connectivity index (χ0v) is 20.9. The Kier molecular flexibility index (Phi) is 13.2. The first kappa shape index (κ1) is 26.8. The fourth-order valence-corrected chi connectivity index (χ4v) is 3.63. The quantitative estimate of drug-likeness (QED) is 0.180. The Morgan fingerprint density at radius 1 is 0.939 bits per heavy atom. The summed E-state index contributed by atoms with van der Waals surface area (Å²) < 4.78 is 11.5. The van der Waals surface area contributed by atoms with Gasteiger partial charge in [-0.05, 0) is 18.8 Å². The van der Waals surface area contributed by atoms with Crippen molar-refractivity contribution in [1.29, 1.82) is 0 Å². The molecule has 182 valence electrons. The van der Waals surface area contributed by atoms with Crippen molar-refractivity contribution in [1.82, 2.24) is 9.97 Å². The molecule has 2 rings (SSSR count). The van der Waals surface area contributed by atoms with Crippen LogP contribution in [0.5, 0.6) is 11.8 Å². The molecule has 0 aliphatic heterocycles. The third-order valence-corrected chi connectivity index (χ3v) is 6.03. The maximum Gasteiger partial charge on any atom is 0.325 e. The number of rotatable bonds is 17. The first-order chi connectivity index (χ1) is 16.1. The van der Waals surface area contributed by atoms with Crippen molar-refractivity contribution in [3.63, 3.8) is 0 Å². The van der Waals surface area contributed by atoms with Crippen LogP contribution in [-0.4, -0.2) is 22.5 Å². The van der Waals surface area contributed by atoms with Gasteiger partial charge in [0.2, 0.25) is 0 Å². The van der Waals surface area contributed by atoms with Crippen molar-refractivity contribution >= 4 is 5.97 Å². The molecular formula is C28H42N2O3. The van der Waals surface area contributed by atoms with Crippen molar-refractivity contribution in [2.45, 2.75) is 97.8 Å². The molecule has 1 aromatic carbocycles. The standard InChI is InChI=1S/C28H42N2O3/c1-4-6-7-8-9-10-11-12-16-21-32-25-22-29-28(33-26(31)20-19-23(3)5-2)30-27(25)24-17-14-13-15-18-24/h13-15,17-18,22-23H,4-12,16,19-21H2,1-3H3. The Morgan fingerprint density at radius 2 is 1.61 bits per heavy atom. The number of benzene rings is 1. The summed E-state index contributed by atoms with van der Waals surface area (Å²) in [5.41, 5.74) is 1.57. The van der Waals surface area contributed by atoms with Gasteiger partial charge in [0, 0.05) is 12.0 Å². The molecule has 0 radical (unpaired) electrons. The van der Waals surface area contributed by atoms with Crippen molar-refractivity contribution < 1.29 is 14.3 Å². The Bertz CT molecular complexity index is 795. The molecule has 0 saturated heterocycles. The number of ether oxygens (including phenoxy) is 2. The zero-order valence-electron chi connectivity index (χ0n) is 20.9. The minimum Gasteiger partial charge on any atom is -0.490 e. The first-order valence-corrected chi connectivity index (χ1v) is 12.9. The predicted molar refractivity (Wildman–Crippen MR) is 135 cm³/mol. The molecular weight excluding hydrogens is 412 g/mol. The van der Waals surface area contributed by atoms with Crippen LogP contribution in [-0.2, 0) is 4.79 Å². The van der Waals surface area contributed by atoms with E-state index >= 15 is 0 Å². The van der Waals surface area contributed by atoms with E-state index in [1.807, 2.05) is 30.3 Å². The van der Waals surface area contributed by atoms with E-state index in [0.29, 0.717) is 30.4 Å². The number of esters is 1. The van der Waals surface area contributed by atoms with E-state index in [2.05, 4.69) is 30.7 Å². The van der Waals surface area contributed by atoms with E-state index in [0.717, 1.165) is 24.8 Å². The maximum absolute atomic E-state index is 12.2. The molecule has 0 N–H and O–H groups in total. The van der Waals surface area contributed by atoms with Crippen LogP contribution >= 0.6 is 0 Å². The first-order valence-electron chi connectivity index (χ1n) is 12.9. The lowest BCUT2D eigenvalue weighted by Gasteiger charge is -2.12. The van der Waals surface area contributed by atoms with Gasteiger partial charge in [-0.3, -0.25) is 4.79 Å². The molecule has 5 heteroatoms. The summed E-state index contributed by atoms with van der Waals surface area (Å²) in [6.45, 7) is 7.14. The van der Waals surface area contributed by atoms with Crippen LogP contribution in [0.25, 0.3) is 11.3 Å². The molecule has 1 unspecified atom stereocenters. The Morgan fingerprint density at radius 3 is 2.27 bits per heavy atom. The van der Waals surface area contributed by atoms with E-state index in [9.17, 15) is 4.79 Å². The van der Waals surface area contributed by atoms with Gasteiger partial charge in [-0.25, -0.2) is 0 Å². The van der Waals surface area contributed by atoms with Crippen LogP contribution < -0.4 is 9.47 Å². The third-order valence-electron chi connectivity index (χ3n) is 6.03. The number of carbonyl (C=O) groups excluding carboxylic acids is 1. The summed E-state index contributed by atoms with van der Waals surface area (Å²) in [6.07, 6.45) is 15.3. The summed E-state index contributed by atoms with van der Waals surface area (Å²) in [7, 11) is 0. The second kappa shape index (κ2) is 16.2. The van der Waals surface area contributed by atoms with Gasteiger partial charge in [0.1, 0.15) is 5.69 Å². The normalized spacial score (nSPS) is 11.8. The highest BCUT2D eigenvalue weighted by molar-refractivity contribution is 5.72. The molecule has 0 bridgehead atoms. The molecule has 33 heavy (non-hydrogen) atoms. The fourth-order valence-electron chi connectivity index (χ4n) is 3.63. The average Bonchev–Trinajstić information content (AvgIpc) is 2.84. The van der Waals surface area contributed by atoms with Gasteiger partial charge in [0.15, 0.2) is 5.75 Å². The van der Waals surface area contributed by atoms with Crippen LogP contribution in [0.4, 0.5) is 0 Å². The summed E-state index contributed by atoms with van der Waals surface area (Å²) in [5.74, 6) is 0.827. The minimum atomic E-state index is -0.294. The lowest BCUT2D eigenvalue weighted by atomic mass is 10.0. The predicted octanol–water partition coefficient (Wildman–Crippen LogP) is 7.78. The molecule has 0 amide bonds. The number of carbonyl (C=O) groups is 1. The average molecular weight is 455 g/mol. The molecule has 5 nitrogen and oxygen atoms in total. The van der Waals surface area contributed by atoms with Crippen LogP contribution in [0.15, 0.2) is 36.5 Å². The zero-order chi connectivity index (χ0) is 23.7. The molecule has 0 fully saturated rings. The van der Waals surface area contributed by atoms with Crippen molar-refractivity contribution in [2.75, 3.05) is 6.61 Å². The largest absolute Gasteiger partial charge is 0.490 e. The van der Waals surface area contributed by atoms with Gasteiger partial charge < -0.3 is 9.47 Å². The molecule has 0 aliphatic rings. The molecule has 1 heterocycles. The summed E-state index contributed by atoms with van der Waals surface area (Å²) in [6, 6.07) is 9.91. The van der Waals surface area contributed by atoms with Gasteiger partial charge in [-0.15, -0.1) is 0 Å². The Hall–Kier alpha value is -2.43. The lowest BCUT2D eigenvalue weighted by molar-refractivity contribution is -0.135. The van der Waals surface area contributed by atoms with Crippen molar-refractivity contribution in [3.8, 4) is 23.0 Å². The number of aromatic nitrogens is 2. The molecule has 0 aliphatic carbocycles. The third kappa shape index (κ3) is 10.8. The molecule has 0 spiro atoms. The van der Waals surface area contributed by atoms with Gasteiger partial charge >= 0.3 is 12.0 Å². The number of hydrogen-bond acceptors (Lipinski definition) is 5. The van der Waals surface area contributed by atoms with Gasteiger partial charge in [0.05, 0.1) is 12.8 Å². The Balaban J connectivity index is 1.87. The number of hydrogen-bond donors (Lipinski definition) is 0. The van der Waals surface area contributed by atoms with Gasteiger partial charge in [-0.2, -0.15) is 9.97 Å². The Labute approximate surface area is 200 Å². The van der Waals surface area contributed by atoms with Crippen molar-refractivity contribution in [3.05, 3.63) is 36.5 Å². The summed E-state index contributed by atoms with van der Waals surface area (Å²) >= 11 is 0. The van der Waals surface area contributed by atoms with E-state index < -0.39 is 0 Å². The van der Waals surface area contributed by atoms with Crippen molar-refractivity contribution in [2.24, 2.45) is 5.92 Å². The second-order valence-electron chi connectivity index (χ2n) is 8.93. The lowest BCUT2D eigenvalue weighted by Crippen LogP contribution is -2.12. The number of nitrogens with zero attached hydrogens (tertiary/aromatic N) is 2. The second-order valence-corrected chi connectivity index (χ2v) is 8.93. The molecule has 0 saturated carbocycles. The van der Waals surface area contributed by atoms with E-state index in [-0.39, 0.29) is 12.0 Å². The van der Waals surface area contributed by atoms with Gasteiger partial charge in [-0.1, -0.05) is 109 Å². The van der Waals surface area contributed by atoms with Crippen LogP contribution in [0.3, 0.4) is 0 Å².